The zero-order valence-electron chi connectivity index (χ0n) is 22.4. The summed E-state index contributed by atoms with van der Waals surface area (Å²) in [7, 11) is -6.99. The number of carbonyl (C=O) groups is 2. The number of hydrogen-bond donors (Lipinski definition) is 2. The van der Waals surface area contributed by atoms with Crippen LogP contribution in [0.4, 0.5) is 0 Å². The molecule has 0 radical (unpaired) electrons. The van der Waals surface area contributed by atoms with Gasteiger partial charge in [0.25, 0.3) is 0 Å². The van der Waals surface area contributed by atoms with Crippen LogP contribution in [0.3, 0.4) is 0 Å². The average Bonchev–Trinajstić information content (AvgIpc) is 2.77. The second-order valence-corrected chi connectivity index (χ2v) is 11.6. The van der Waals surface area contributed by atoms with Crippen molar-refractivity contribution in [2.45, 2.75) is 104 Å². The minimum Gasteiger partial charge on any atom is -0.550 e. The van der Waals surface area contributed by atoms with Crippen LogP contribution in [0.1, 0.15) is 104 Å². The number of rotatable bonds is 22. The van der Waals surface area contributed by atoms with Crippen LogP contribution in [0.25, 0.3) is 0 Å². The molecule has 2 N–H and O–H groups in total. The molecule has 0 atom stereocenters. The second-order valence-electron chi connectivity index (χ2n) is 8.27. The third-order valence-corrected chi connectivity index (χ3v) is 7.08. The normalized spacial score (nSPS) is 11.7. The monoisotopic (exact) mass is 592 g/mol. The fourth-order valence-electron chi connectivity index (χ4n) is 2.81. The molecule has 0 saturated carbocycles. The van der Waals surface area contributed by atoms with Gasteiger partial charge in [0, 0.05) is 48.7 Å². The number of carbonyl (C=O) groups excluding carboxylic acids is 2. The maximum atomic E-state index is 11.3. The van der Waals surface area contributed by atoms with Gasteiger partial charge in [0.05, 0.1) is 0 Å². The summed E-state index contributed by atoms with van der Waals surface area (Å²) in [5.74, 6) is -2.53. The van der Waals surface area contributed by atoms with Crippen LogP contribution in [-0.4, -0.2) is 79.6 Å². The van der Waals surface area contributed by atoms with E-state index in [4.69, 9.17) is 0 Å². The summed E-state index contributed by atoms with van der Waals surface area (Å²) in [4.78, 5) is 20.2. The number of aliphatic carboxylic acids is 2. The van der Waals surface area contributed by atoms with Gasteiger partial charge in [0.1, 0.15) is 0 Å². The van der Waals surface area contributed by atoms with Crippen LogP contribution in [0.15, 0.2) is 23.0 Å². The predicted octanol–water partition coefficient (Wildman–Crippen LogP) is 1.46. The Morgan fingerprint density at radius 3 is 1.24 bits per heavy atom. The summed E-state index contributed by atoms with van der Waals surface area (Å²) < 4.78 is 49.7. The van der Waals surface area contributed by atoms with Gasteiger partial charge in [-0.3, -0.25) is 0 Å². The standard InChI is InChI=1S/2C12H23NO4S.Ca/c2*1-2-3-4-5-6-7-8-11-18(16,17)13-10-9-12(14)15;/h2*8,11,13H,2-7,9-10H2,1H3,(H,14,15);/q;;+2/p-2/b2*11-8+;. The SMILES string of the molecule is CCCCCCC/C=C/S(=O)(=O)NCCC(=O)[O-].CCCCCCC/C=C/S(=O)(=O)NCCC(=O)[O-].[Ca+2]. The van der Waals surface area contributed by atoms with Crippen molar-refractivity contribution in [2.75, 3.05) is 13.1 Å². The van der Waals surface area contributed by atoms with E-state index in [2.05, 4.69) is 23.3 Å². The van der Waals surface area contributed by atoms with Crippen molar-refractivity contribution >= 4 is 69.7 Å². The molecule has 0 saturated heterocycles. The summed E-state index contributed by atoms with van der Waals surface area (Å²) in [5, 5.41) is 22.4. The molecule has 10 nitrogen and oxygen atoms in total. The molecule has 0 bridgehead atoms. The molecule has 0 aliphatic heterocycles. The molecule has 0 aromatic rings. The zero-order valence-corrected chi connectivity index (χ0v) is 26.3. The van der Waals surface area contributed by atoms with E-state index in [9.17, 15) is 36.6 Å². The molecular formula is C24H44CaN2O8S2. The predicted molar refractivity (Wildman–Crippen MR) is 144 cm³/mol. The molecule has 212 valence electrons. The molecule has 0 aliphatic rings. The quantitative estimate of drug-likeness (QED) is 0.140. The van der Waals surface area contributed by atoms with E-state index in [1.807, 2.05) is 0 Å². The fraction of sp³-hybridized carbons (Fsp3) is 0.750. The van der Waals surface area contributed by atoms with Gasteiger partial charge in [-0.15, -0.1) is 0 Å². The van der Waals surface area contributed by atoms with Crippen LogP contribution >= 0.6 is 0 Å². The van der Waals surface area contributed by atoms with Gasteiger partial charge >= 0.3 is 37.7 Å². The third kappa shape index (κ3) is 35.5. The van der Waals surface area contributed by atoms with E-state index >= 15 is 0 Å². The molecule has 0 aliphatic carbocycles. The van der Waals surface area contributed by atoms with Gasteiger partial charge in [-0.1, -0.05) is 77.4 Å². The first-order chi connectivity index (χ1) is 17.0. The van der Waals surface area contributed by atoms with Crippen molar-refractivity contribution in [3.05, 3.63) is 23.0 Å². The maximum Gasteiger partial charge on any atom is 2.00 e. The van der Waals surface area contributed by atoms with Gasteiger partial charge in [-0.25, -0.2) is 26.3 Å². The van der Waals surface area contributed by atoms with E-state index in [1.165, 1.54) is 38.5 Å². The molecule has 0 amide bonds. The van der Waals surface area contributed by atoms with Gasteiger partial charge in [0.2, 0.25) is 20.0 Å². The summed E-state index contributed by atoms with van der Waals surface area (Å²) in [6, 6.07) is 0. The third-order valence-electron chi connectivity index (χ3n) is 4.76. The van der Waals surface area contributed by atoms with Crippen LogP contribution in [0.2, 0.25) is 0 Å². The minimum atomic E-state index is -3.50. The Kier molecular flexibility index (Phi) is 30.0. The first-order valence-electron chi connectivity index (χ1n) is 12.7. The van der Waals surface area contributed by atoms with Crippen LogP contribution < -0.4 is 19.7 Å². The second kappa shape index (κ2) is 27.1. The van der Waals surface area contributed by atoms with Crippen molar-refractivity contribution in [1.29, 1.82) is 0 Å². The van der Waals surface area contributed by atoms with E-state index in [1.54, 1.807) is 12.2 Å². The summed E-state index contributed by atoms with van der Waals surface area (Å²) in [5.41, 5.74) is 0. The number of sulfonamides is 2. The van der Waals surface area contributed by atoms with Crippen LogP contribution in [-0.2, 0) is 29.6 Å². The topological polar surface area (TPSA) is 173 Å². The molecule has 0 rings (SSSR count). The number of hydrogen-bond acceptors (Lipinski definition) is 8. The summed E-state index contributed by atoms with van der Waals surface area (Å²) >= 11 is 0. The first kappa shape index (κ1) is 41.0. The van der Waals surface area contributed by atoms with E-state index < -0.39 is 32.0 Å². The Hall–Kier alpha value is -0.500. The van der Waals surface area contributed by atoms with Crippen molar-refractivity contribution in [3.63, 3.8) is 0 Å². The van der Waals surface area contributed by atoms with Crippen molar-refractivity contribution in [1.82, 2.24) is 9.44 Å². The molecule has 0 aromatic heterocycles. The number of carboxylic acid groups (broad SMARTS) is 2. The first-order valence-corrected chi connectivity index (χ1v) is 15.8. The van der Waals surface area contributed by atoms with Crippen LogP contribution in [0, 0.1) is 0 Å². The van der Waals surface area contributed by atoms with Gasteiger partial charge in [-0.05, 0) is 25.7 Å². The molecule has 0 spiro atoms. The molecule has 0 aromatic carbocycles. The molecular weight excluding hydrogens is 548 g/mol. The minimum absolute atomic E-state index is 0. The van der Waals surface area contributed by atoms with E-state index in [0.29, 0.717) is 0 Å². The van der Waals surface area contributed by atoms with Crippen molar-refractivity contribution in [2.24, 2.45) is 0 Å². The zero-order chi connectivity index (χ0) is 27.7. The summed E-state index contributed by atoms with van der Waals surface area (Å²) in [6.45, 7) is 4.02. The van der Waals surface area contributed by atoms with Gasteiger partial charge in [-0.2, -0.15) is 0 Å². The number of nitrogens with one attached hydrogen (secondary N) is 2. The summed E-state index contributed by atoms with van der Waals surface area (Å²) in [6.07, 6.45) is 15.4. The largest absolute Gasteiger partial charge is 2.00 e. The smallest absolute Gasteiger partial charge is 0.550 e. The Morgan fingerprint density at radius 1 is 0.622 bits per heavy atom. The molecule has 0 heterocycles. The van der Waals surface area contributed by atoms with E-state index in [0.717, 1.165) is 49.3 Å². The van der Waals surface area contributed by atoms with Crippen LogP contribution in [0.5, 0.6) is 0 Å². The number of carboxylic acids is 2. The Morgan fingerprint density at radius 2 is 0.946 bits per heavy atom. The molecule has 0 fully saturated rings. The van der Waals surface area contributed by atoms with Crippen molar-refractivity contribution < 1.29 is 36.6 Å². The van der Waals surface area contributed by atoms with E-state index in [-0.39, 0.29) is 63.7 Å². The Balaban J connectivity index is -0.000000608. The molecule has 0 unspecified atom stereocenters. The van der Waals surface area contributed by atoms with Gasteiger partial charge in [0.15, 0.2) is 0 Å². The number of unbranched alkanes of at least 4 members (excludes halogenated alkanes) is 10. The average molecular weight is 593 g/mol. The fourth-order valence-corrected chi connectivity index (χ4v) is 4.55. The van der Waals surface area contributed by atoms with Gasteiger partial charge < -0.3 is 19.8 Å². The Labute approximate surface area is 253 Å². The maximum absolute atomic E-state index is 11.3. The molecule has 13 heteroatoms. The number of allylic oxidation sites excluding steroid dienone is 2. The molecule has 37 heavy (non-hydrogen) atoms. The Bertz CT molecular complexity index is 775. The van der Waals surface area contributed by atoms with Crippen molar-refractivity contribution in [3.8, 4) is 0 Å².